The number of aromatic hydroxyl groups is 1. The van der Waals surface area contributed by atoms with Gasteiger partial charge in [0.1, 0.15) is 5.75 Å². The SMILES string of the molecule is Cc1ccc(CC(=S)N(C)C)c(O)c1. The fraction of sp³-hybridized carbons (Fsp3) is 0.364. The fourth-order valence-electron chi connectivity index (χ4n) is 1.14. The van der Waals surface area contributed by atoms with E-state index in [0.29, 0.717) is 12.2 Å². The second-order valence-corrected chi connectivity index (χ2v) is 4.07. The van der Waals surface area contributed by atoms with Crippen molar-refractivity contribution < 1.29 is 5.11 Å². The molecule has 0 aliphatic rings. The van der Waals surface area contributed by atoms with Gasteiger partial charge in [-0.15, -0.1) is 0 Å². The molecule has 3 heteroatoms. The van der Waals surface area contributed by atoms with Crippen LogP contribution in [0.25, 0.3) is 0 Å². The van der Waals surface area contributed by atoms with E-state index in [2.05, 4.69) is 0 Å². The van der Waals surface area contributed by atoms with Crippen LogP contribution in [0.1, 0.15) is 11.1 Å². The van der Waals surface area contributed by atoms with E-state index in [1.165, 1.54) is 0 Å². The lowest BCUT2D eigenvalue weighted by Gasteiger charge is -2.14. The summed E-state index contributed by atoms with van der Waals surface area (Å²) in [5, 5.41) is 9.64. The van der Waals surface area contributed by atoms with Crippen molar-refractivity contribution in [2.24, 2.45) is 0 Å². The third kappa shape index (κ3) is 2.70. The van der Waals surface area contributed by atoms with Gasteiger partial charge in [-0.25, -0.2) is 0 Å². The van der Waals surface area contributed by atoms with Gasteiger partial charge in [0.25, 0.3) is 0 Å². The van der Waals surface area contributed by atoms with Crippen LogP contribution >= 0.6 is 12.2 Å². The van der Waals surface area contributed by atoms with Crippen LogP contribution in [0.15, 0.2) is 18.2 Å². The molecule has 76 valence electrons. The molecule has 0 amide bonds. The molecule has 0 bridgehead atoms. The largest absolute Gasteiger partial charge is 0.508 e. The van der Waals surface area contributed by atoms with Crippen LogP contribution in [0.2, 0.25) is 0 Å². The predicted octanol–water partition coefficient (Wildman–Crippen LogP) is 2.13. The number of aryl methyl sites for hydroxylation is 1. The van der Waals surface area contributed by atoms with Crippen molar-refractivity contribution in [1.29, 1.82) is 0 Å². The molecule has 0 aliphatic heterocycles. The molecule has 0 atom stereocenters. The van der Waals surface area contributed by atoms with E-state index in [-0.39, 0.29) is 0 Å². The quantitative estimate of drug-likeness (QED) is 0.755. The summed E-state index contributed by atoms with van der Waals surface area (Å²) in [5.41, 5.74) is 1.94. The number of hydrogen-bond acceptors (Lipinski definition) is 2. The highest BCUT2D eigenvalue weighted by Gasteiger charge is 2.05. The van der Waals surface area contributed by atoms with Gasteiger partial charge in [0.05, 0.1) is 4.99 Å². The van der Waals surface area contributed by atoms with E-state index >= 15 is 0 Å². The minimum Gasteiger partial charge on any atom is -0.508 e. The van der Waals surface area contributed by atoms with Crippen LogP contribution in [0.3, 0.4) is 0 Å². The fourth-order valence-corrected chi connectivity index (χ4v) is 1.30. The Morgan fingerprint density at radius 3 is 2.57 bits per heavy atom. The number of phenols is 1. The average Bonchev–Trinajstić information content (AvgIpc) is 2.09. The molecular weight excluding hydrogens is 194 g/mol. The first-order chi connectivity index (χ1) is 6.50. The van der Waals surface area contributed by atoms with Crippen molar-refractivity contribution in [2.75, 3.05) is 14.1 Å². The molecule has 1 N–H and O–H groups in total. The van der Waals surface area contributed by atoms with Gasteiger partial charge < -0.3 is 10.0 Å². The zero-order valence-electron chi connectivity index (χ0n) is 8.74. The number of benzene rings is 1. The van der Waals surface area contributed by atoms with Crippen molar-refractivity contribution >= 4 is 17.2 Å². The highest BCUT2D eigenvalue weighted by molar-refractivity contribution is 7.80. The molecule has 2 nitrogen and oxygen atoms in total. The number of phenolic OH excluding ortho intramolecular Hbond substituents is 1. The minimum atomic E-state index is 0.328. The smallest absolute Gasteiger partial charge is 0.119 e. The molecule has 0 radical (unpaired) electrons. The molecule has 14 heavy (non-hydrogen) atoms. The first kappa shape index (κ1) is 11.0. The van der Waals surface area contributed by atoms with E-state index in [1.807, 2.05) is 38.1 Å². The van der Waals surface area contributed by atoms with Crippen molar-refractivity contribution in [3.8, 4) is 5.75 Å². The Hall–Kier alpha value is -1.09. The Balaban J connectivity index is 2.82. The maximum Gasteiger partial charge on any atom is 0.119 e. The molecule has 0 fully saturated rings. The molecule has 0 aliphatic carbocycles. The summed E-state index contributed by atoms with van der Waals surface area (Å²) in [4.78, 5) is 2.71. The highest BCUT2D eigenvalue weighted by atomic mass is 32.1. The van der Waals surface area contributed by atoms with Crippen LogP contribution in [0.4, 0.5) is 0 Å². The molecule has 0 unspecified atom stereocenters. The zero-order chi connectivity index (χ0) is 10.7. The number of rotatable bonds is 2. The minimum absolute atomic E-state index is 0.328. The van der Waals surface area contributed by atoms with Gasteiger partial charge in [-0.1, -0.05) is 24.4 Å². The van der Waals surface area contributed by atoms with E-state index in [4.69, 9.17) is 12.2 Å². The van der Waals surface area contributed by atoms with E-state index in [9.17, 15) is 5.11 Å². The van der Waals surface area contributed by atoms with Crippen LogP contribution in [-0.4, -0.2) is 29.1 Å². The Bertz CT molecular complexity index is 347. The van der Waals surface area contributed by atoms with Crippen molar-refractivity contribution in [3.05, 3.63) is 29.3 Å². The van der Waals surface area contributed by atoms with Gasteiger partial charge in [0.15, 0.2) is 0 Å². The van der Waals surface area contributed by atoms with E-state index < -0.39 is 0 Å². The van der Waals surface area contributed by atoms with Crippen molar-refractivity contribution in [1.82, 2.24) is 4.90 Å². The number of hydrogen-bond donors (Lipinski definition) is 1. The molecule has 0 heterocycles. The number of nitrogens with zero attached hydrogens (tertiary/aromatic N) is 1. The van der Waals surface area contributed by atoms with Gasteiger partial charge in [-0.05, 0) is 18.6 Å². The molecule has 0 saturated carbocycles. The summed E-state index contributed by atoms with van der Waals surface area (Å²) in [7, 11) is 3.82. The zero-order valence-corrected chi connectivity index (χ0v) is 9.56. The first-order valence-electron chi connectivity index (χ1n) is 4.49. The van der Waals surface area contributed by atoms with Crippen LogP contribution in [0, 0.1) is 6.92 Å². The maximum atomic E-state index is 9.64. The molecule has 1 rings (SSSR count). The average molecular weight is 209 g/mol. The second-order valence-electron chi connectivity index (χ2n) is 3.60. The first-order valence-corrected chi connectivity index (χ1v) is 4.90. The summed E-state index contributed by atoms with van der Waals surface area (Å²) in [6, 6.07) is 5.65. The molecular formula is C11H15NOS. The van der Waals surface area contributed by atoms with Crippen LogP contribution in [-0.2, 0) is 6.42 Å². The highest BCUT2D eigenvalue weighted by Crippen LogP contribution is 2.19. The predicted molar refractivity (Wildman–Crippen MR) is 62.8 cm³/mol. The molecule has 0 spiro atoms. The van der Waals surface area contributed by atoms with Gasteiger partial charge in [0.2, 0.25) is 0 Å². The van der Waals surface area contributed by atoms with E-state index in [0.717, 1.165) is 16.1 Å². The lowest BCUT2D eigenvalue weighted by Crippen LogP contribution is -2.21. The normalized spacial score (nSPS) is 9.93. The van der Waals surface area contributed by atoms with Gasteiger partial charge in [-0.3, -0.25) is 0 Å². The Morgan fingerprint density at radius 2 is 2.07 bits per heavy atom. The number of likely N-dealkylation sites (N-methyl/N-ethyl adjacent to an activating group) is 1. The second kappa shape index (κ2) is 4.42. The maximum absolute atomic E-state index is 9.64. The monoisotopic (exact) mass is 209 g/mol. The Kier molecular flexibility index (Phi) is 3.47. The Morgan fingerprint density at radius 1 is 1.43 bits per heavy atom. The summed E-state index contributed by atoms with van der Waals surface area (Å²) >= 11 is 5.17. The van der Waals surface area contributed by atoms with Gasteiger partial charge in [0, 0.05) is 26.1 Å². The molecule has 1 aromatic rings. The number of thiocarbonyl (C=S) groups is 1. The summed E-state index contributed by atoms with van der Waals surface area (Å²) in [5.74, 6) is 0.328. The lowest BCUT2D eigenvalue weighted by molar-refractivity contribution is 0.469. The van der Waals surface area contributed by atoms with Crippen LogP contribution in [0.5, 0.6) is 5.75 Å². The van der Waals surface area contributed by atoms with Crippen molar-refractivity contribution in [2.45, 2.75) is 13.3 Å². The Labute approximate surface area is 90.2 Å². The van der Waals surface area contributed by atoms with E-state index in [1.54, 1.807) is 6.07 Å². The lowest BCUT2D eigenvalue weighted by atomic mass is 10.1. The third-order valence-corrected chi connectivity index (χ3v) is 2.59. The molecule has 0 aromatic heterocycles. The topological polar surface area (TPSA) is 23.5 Å². The van der Waals surface area contributed by atoms with Crippen LogP contribution < -0.4 is 0 Å². The summed E-state index contributed by atoms with van der Waals surface area (Å²) in [6.07, 6.45) is 0.619. The summed E-state index contributed by atoms with van der Waals surface area (Å²) < 4.78 is 0. The summed E-state index contributed by atoms with van der Waals surface area (Å²) in [6.45, 7) is 1.95. The molecule has 0 saturated heterocycles. The van der Waals surface area contributed by atoms with Gasteiger partial charge in [-0.2, -0.15) is 0 Å². The standard InChI is InChI=1S/C11H15NOS/c1-8-4-5-9(10(13)6-8)7-11(14)12(2)3/h4-6,13H,7H2,1-3H3. The van der Waals surface area contributed by atoms with Crippen molar-refractivity contribution in [3.63, 3.8) is 0 Å². The van der Waals surface area contributed by atoms with Gasteiger partial charge >= 0.3 is 0 Å². The molecule has 1 aromatic carbocycles. The third-order valence-electron chi connectivity index (χ3n) is 2.08.